The number of benzene rings is 1. The molecule has 5 heteroatoms. The predicted octanol–water partition coefficient (Wildman–Crippen LogP) is 0.679. The third-order valence-corrected chi connectivity index (χ3v) is 2.16. The predicted molar refractivity (Wildman–Crippen MR) is 52.7 cm³/mol. The number of phenols is 1. The molecule has 1 unspecified atom stereocenters. The van der Waals surface area contributed by atoms with Crippen LogP contribution >= 0.6 is 0 Å². The number of rotatable bonds is 3. The van der Waals surface area contributed by atoms with Crippen molar-refractivity contribution < 1.29 is 19.8 Å². The molecule has 0 bridgehead atoms. The maximum Gasteiger partial charge on any atom is 0.310 e. The summed E-state index contributed by atoms with van der Waals surface area (Å²) in [6.45, 7) is 1.49. The SMILES string of the molecule is CC(C(=O)O)c1ccc(O)c(C(N)=O)c1. The van der Waals surface area contributed by atoms with E-state index in [1.54, 1.807) is 0 Å². The van der Waals surface area contributed by atoms with Crippen LogP contribution in [0.3, 0.4) is 0 Å². The van der Waals surface area contributed by atoms with Gasteiger partial charge in [0.25, 0.3) is 5.91 Å². The van der Waals surface area contributed by atoms with Gasteiger partial charge in [-0.15, -0.1) is 0 Å². The molecule has 1 amide bonds. The van der Waals surface area contributed by atoms with Crippen molar-refractivity contribution in [2.45, 2.75) is 12.8 Å². The summed E-state index contributed by atoms with van der Waals surface area (Å²) in [7, 11) is 0. The Hall–Kier alpha value is -2.04. The minimum absolute atomic E-state index is 0.0689. The minimum Gasteiger partial charge on any atom is -0.507 e. The molecule has 1 aromatic rings. The maximum absolute atomic E-state index is 10.9. The molecule has 0 fully saturated rings. The third-order valence-electron chi connectivity index (χ3n) is 2.16. The van der Waals surface area contributed by atoms with Crippen LogP contribution in [-0.2, 0) is 4.79 Å². The largest absolute Gasteiger partial charge is 0.507 e. The van der Waals surface area contributed by atoms with Crippen molar-refractivity contribution in [3.63, 3.8) is 0 Å². The van der Waals surface area contributed by atoms with E-state index in [1.807, 2.05) is 0 Å². The number of carbonyl (C=O) groups is 2. The normalized spacial score (nSPS) is 12.1. The quantitative estimate of drug-likeness (QED) is 0.681. The van der Waals surface area contributed by atoms with Crippen LogP contribution in [0.25, 0.3) is 0 Å². The number of amides is 1. The standard InChI is InChI=1S/C10H11NO4/c1-5(10(14)15)6-2-3-8(12)7(4-6)9(11)13/h2-5,12H,1H3,(H2,11,13)(H,14,15). The van der Waals surface area contributed by atoms with Crippen LogP contribution in [-0.4, -0.2) is 22.1 Å². The Balaban J connectivity index is 3.18. The summed E-state index contributed by atoms with van der Waals surface area (Å²) in [4.78, 5) is 21.6. The van der Waals surface area contributed by atoms with Gasteiger partial charge in [0.2, 0.25) is 0 Å². The average Bonchev–Trinajstić information content (AvgIpc) is 2.16. The fourth-order valence-electron chi connectivity index (χ4n) is 1.16. The molecule has 0 aliphatic heterocycles. The highest BCUT2D eigenvalue weighted by molar-refractivity contribution is 5.96. The molecule has 0 saturated heterocycles. The lowest BCUT2D eigenvalue weighted by atomic mass is 9.98. The van der Waals surface area contributed by atoms with Crippen LogP contribution in [0.4, 0.5) is 0 Å². The molecule has 15 heavy (non-hydrogen) atoms. The molecule has 0 spiro atoms. The van der Waals surface area contributed by atoms with Gasteiger partial charge in [-0.3, -0.25) is 9.59 Å². The minimum atomic E-state index is -1.00. The lowest BCUT2D eigenvalue weighted by Gasteiger charge is -2.08. The lowest BCUT2D eigenvalue weighted by molar-refractivity contribution is -0.138. The highest BCUT2D eigenvalue weighted by Gasteiger charge is 2.16. The van der Waals surface area contributed by atoms with Gasteiger partial charge in [-0.25, -0.2) is 0 Å². The first-order chi connectivity index (χ1) is 6.93. The zero-order valence-electron chi connectivity index (χ0n) is 8.10. The van der Waals surface area contributed by atoms with Crippen LogP contribution in [0.2, 0.25) is 0 Å². The Labute approximate surface area is 86.1 Å². The van der Waals surface area contributed by atoms with Gasteiger partial charge in [-0.2, -0.15) is 0 Å². The van der Waals surface area contributed by atoms with Crippen molar-refractivity contribution in [1.82, 2.24) is 0 Å². The molecular weight excluding hydrogens is 198 g/mol. The Bertz CT molecular complexity index is 414. The van der Waals surface area contributed by atoms with Crippen LogP contribution < -0.4 is 5.73 Å². The first-order valence-electron chi connectivity index (χ1n) is 4.29. The molecule has 1 atom stereocenters. The lowest BCUT2D eigenvalue weighted by Crippen LogP contribution is -2.13. The van der Waals surface area contributed by atoms with E-state index >= 15 is 0 Å². The number of carboxylic acid groups (broad SMARTS) is 1. The number of aliphatic carboxylic acids is 1. The van der Waals surface area contributed by atoms with Gasteiger partial charge in [0.15, 0.2) is 0 Å². The van der Waals surface area contributed by atoms with Crippen LogP contribution in [0.5, 0.6) is 5.75 Å². The molecular formula is C10H11NO4. The van der Waals surface area contributed by atoms with Gasteiger partial charge < -0.3 is 15.9 Å². The number of primary amides is 1. The fraction of sp³-hybridized carbons (Fsp3) is 0.200. The van der Waals surface area contributed by atoms with Crippen molar-refractivity contribution in [2.24, 2.45) is 5.73 Å². The van der Waals surface area contributed by atoms with E-state index in [2.05, 4.69) is 0 Å². The van der Waals surface area contributed by atoms with E-state index in [9.17, 15) is 14.7 Å². The Morgan fingerprint density at radius 3 is 2.47 bits per heavy atom. The second kappa shape index (κ2) is 4.00. The molecule has 1 rings (SSSR count). The van der Waals surface area contributed by atoms with E-state index in [1.165, 1.54) is 25.1 Å². The summed E-state index contributed by atoms with van der Waals surface area (Å²) in [5.41, 5.74) is 5.37. The third kappa shape index (κ3) is 2.25. The summed E-state index contributed by atoms with van der Waals surface area (Å²) < 4.78 is 0. The molecule has 1 aromatic carbocycles. The summed E-state index contributed by atoms with van der Waals surface area (Å²) in [6, 6.07) is 3.99. The number of hydrogen-bond acceptors (Lipinski definition) is 3. The van der Waals surface area contributed by atoms with Gasteiger partial charge in [-0.05, 0) is 24.6 Å². The summed E-state index contributed by atoms with van der Waals surface area (Å²) >= 11 is 0. The topological polar surface area (TPSA) is 101 Å². The van der Waals surface area contributed by atoms with Crippen molar-refractivity contribution in [1.29, 1.82) is 0 Å². The Morgan fingerprint density at radius 2 is 2.00 bits per heavy atom. The van der Waals surface area contributed by atoms with Gasteiger partial charge in [0.05, 0.1) is 11.5 Å². The molecule has 4 N–H and O–H groups in total. The Kier molecular flexibility index (Phi) is 2.94. The van der Waals surface area contributed by atoms with Gasteiger partial charge in [-0.1, -0.05) is 6.07 Å². The zero-order valence-corrected chi connectivity index (χ0v) is 8.10. The van der Waals surface area contributed by atoms with Gasteiger partial charge >= 0.3 is 5.97 Å². The van der Waals surface area contributed by atoms with E-state index in [4.69, 9.17) is 10.8 Å². The maximum atomic E-state index is 10.9. The van der Waals surface area contributed by atoms with E-state index in [-0.39, 0.29) is 11.3 Å². The highest BCUT2D eigenvalue weighted by atomic mass is 16.4. The summed E-state index contributed by atoms with van der Waals surface area (Å²) in [6.07, 6.45) is 0. The van der Waals surface area contributed by atoms with E-state index in [0.717, 1.165) is 0 Å². The average molecular weight is 209 g/mol. The van der Waals surface area contributed by atoms with E-state index in [0.29, 0.717) is 5.56 Å². The van der Waals surface area contributed by atoms with Crippen molar-refractivity contribution in [3.8, 4) is 5.75 Å². The van der Waals surface area contributed by atoms with Gasteiger partial charge in [0.1, 0.15) is 5.75 Å². The second-order valence-corrected chi connectivity index (χ2v) is 3.20. The number of carbonyl (C=O) groups excluding carboxylic acids is 1. The van der Waals surface area contributed by atoms with Crippen LogP contribution in [0.1, 0.15) is 28.8 Å². The van der Waals surface area contributed by atoms with Crippen LogP contribution in [0, 0.1) is 0 Å². The molecule has 0 aliphatic rings. The van der Waals surface area contributed by atoms with Crippen molar-refractivity contribution >= 4 is 11.9 Å². The summed E-state index contributed by atoms with van der Waals surface area (Å²) in [5, 5.41) is 18.0. The fourth-order valence-corrected chi connectivity index (χ4v) is 1.16. The molecule has 0 saturated carbocycles. The Morgan fingerprint density at radius 1 is 1.40 bits per heavy atom. The molecule has 5 nitrogen and oxygen atoms in total. The molecule has 0 aromatic heterocycles. The summed E-state index contributed by atoms with van der Waals surface area (Å²) in [5.74, 6) is -2.78. The van der Waals surface area contributed by atoms with Crippen LogP contribution in [0.15, 0.2) is 18.2 Å². The smallest absolute Gasteiger partial charge is 0.310 e. The van der Waals surface area contributed by atoms with E-state index < -0.39 is 17.8 Å². The molecule has 0 heterocycles. The first kappa shape index (κ1) is 11.0. The molecule has 0 aliphatic carbocycles. The zero-order chi connectivity index (χ0) is 11.6. The molecule has 0 radical (unpaired) electrons. The number of carboxylic acids is 1. The molecule has 80 valence electrons. The number of aromatic hydroxyl groups is 1. The second-order valence-electron chi connectivity index (χ2n) is 3.20. The highest BCUT2D eigenvalue weighted by Crippen LogP contribution is 2.23. The monoisotopic (exact) mass is 209 g/mol. The number of hydrogen-bond donors (Lipinski definition) is 3. The number of nitrogens with two attached hydrogens (primary N) is 1. The first-order valence-corrected chi connectivity index (χ1v) is 4.29. The van der Waals surface area contributed by atoms with Gasteiger partial charge in [0, 0.05) is 0 Å². The van der Waals surface area contributed by atoms with Crippen molar-refractivity contribution in [2.75, 3.05) is 0 Å². The van der Waals surface area contributed by atoms with Crippen molar-refractivity contribution in [3.05, 3.63) is 29.3 Å².